The van der Waals surface area contributed by atoms with Gasteiger partial charge in [-0.15, -0.1) is 0 Å². The van der Waals surface area contributed by atoms with Crippen LogP contribution in [0.4, 0.5) is 10.5 Å². The molecule has 7 heteroatoms. The standard InChI is InChI=1S/C21H30N4O2S/c1-7-8-11-25-16(5)15(4)22-21(25)28-17(6)19(26)24-20(27)23-18-10-9-13(2)12-14(18)3/h9-10,12,17H,7-8,11H2,1-6H3,(H2,23,24,26,27). The fourth-order valence-electron chi connectivity index (χ4n) is 2.83. The number of imidazole rings is 1. The summed E-state index contributed by atoms with van der Waals surface area (Å²) in [6, 6.07) is 5.22. The SMILES string of the molecule is CCCCn1c(SC(C)C(=O)NC(=O)Nc2ccc(C)cc2C)nc(C)c1C. The van der Waals surface area contributed by atoms with Crippen molar-refractivity contribution in [1.29, 1.82) is 0 Å². The summed E-state index contributed by atoms with van der Waals surface area (Å²) >= 11 is 1.38. The molecule has 0 spiro atoms. The monoisotopic (exact) mass is 402 g/mol. The number of nitrogens with zero attached hydrogens (tertiary/aromatic N) is 2. The molecule has 1 aromatic heterocycles. The van der Waals surface area contributed by atoms with Gasteiger partial charge in [0.15, 0.2) is 5.16 Å². The largest absolute Gasteiger partial charge is 0.325 e. The van der Waals surface area contributed by atoms with E-state index in [1.807, 2.05) is 45.9 Å². The van der Waals surface area contributed by atoms with Crippen LogP contribution in [0.2, 0.25) is 0 Å². The molecule has 0 radical (unpaired) electrons. The molecular formula is C21H30N4O2S. The summed E-state index contributed by atoms with van der Waals surface area (Å²) in [4.78, 5) is 29.3. The Morgan fingerprint density at radius 3 is 2.57 bits per heavy atom. The number of nitrogens with one attached hydrogen (secondary N) is 2. The van der Waals surface area contributed by atoms with Crippen LogP contribution in [0.3, 0.4) is 0 Å². The van der Waals surface area contributed by atoms with Crippen LogP contribution in [0, 0.1) is 27.7 Å². The Kier molecular flexibility index (Phi) is 7.69. The summed E-state index contributed by atoms with van der Waals surface area (Å²) < 4.78 is 2.16. The summed E-state index contributed by atoms with van der Waals surface area (Å²) in [5.74, 6) is -0.340. The van der Waals surface area contributed by atoms with E-state index in [0.29, 0.717) is 5.69 Å². The third-order valence-corrected chi connectivity index (χ3v) is 5.77. The molecule has 0 saturated heterocycles. The van der Waals surface area contributed by atoms with Gasteiger partial charge in [-0.1, -0.05) is 42.8 Å². The van der Waals surface area contributed by atoms with Crippen molar-refractivity contribution in [3.05, 3.63) is 40.7 Å². The van der Waals surface area contributed by atoms with Gasteiger partial charge in [-0.3, -0.25) is 10.1 Å². The molecule has 1 aromatic carbocycles. The van der Waals surface area contributed by atoms with Gasteiger partial charge in [0.2, 0.25) is 5.91 Å². The van der Waals surface area contributed by atoms with Gasteiger partial charge in [0.25, 0.3) is 0 Å². The Morgan fingerprint density at radius 1 is 1.21 bits per heavy atom. The molecule has 2 rings (SSSR count). The van der Waals surface area contributed by atoms with Crippen LogP contribution in [0.5, 0.6) is 0 Å². The minimum absolute atomic E-state index is 0.340. The van der Waals surface area contributed by atoms with E-state index in [0.717, 1.165) is 47.1 Å². The van der Waals surface area contributed by atoms with Gasteiger partial charge < -0.3 is 9.88 Å². The second-order valence-corrected chi connectivity index (χ2v) is 8.40. The summed E-state index contributed by atoms with van der Waals surface area (Å²) in [6.45, 7) is 12.8. The average Bonchev–Trinajstić information content (AvgIpc) is 2.89. The van der Waals surface area contributed by atoms with Crippen molar-refractivity contribution >= 4 is 29.4 Å². The lowest BCUT2D eigenvalue weighted by molar-refractivity contribution is -0.119. The summed E-state index contributed by atoms with van der Waals surface area (Å²) in [6.07, 6.45) is 2.15. The second-order valence-electron chi connectivity index (χ2n) is 7.09. The van der Waals surface area contributed by atoms with Crippen LogP contribution in [-0.2, 0) is 11.3 Å². The van der Waals surface area contributed by atoms with Crippen LogP contribution in [-0.4, -0.2) is 26.7 Å². The number of anilines is 1. The molecule has 0 fully saturated rings. The lowest BCUT2D eigenvalue weighted by Gasteiger charge is -2.14. The number of urea groups is 1. The predicted octanol–water partition coefficient (Wildman–Crippen LogP) is 4.75. The molecule has 0 aliphatic heterocycles. The van der Waals surface area contributed by atoms with Crippen molar-refractivity contribution in [1.82, 2.24) is 14.9 Å². The minimum atomic E-state index is -0.522. The molecule has 0 bridgehead atoms. The topological polar surface area (TPSA) is 76.0 Å². The first-order chi connectivity index (χ1) is 13.2. The third-order valence-electron chi connectivity index (χ3n) is 4.68. The molecule has 1 heterocycles. The van der Waals surface area contributed by atoms with Gasteiger partial charge in [-0.25, -0.2) is 9.78 Å². The molecule has 1 unspecified atom stereocenters. The van der Waals surface area contributed by atoms with Gasteiger partial charge >= 0.3 is 6.03 Å². The van der Waals surface area contributed by atoms with Crippen molar-refractivity contribution in [2.45, 2.75) is 71.3 Å². The molecule has 0 saturated carbocycles. The zero-order chi connectivity index (χ0) is 20.8. The van der Waals surface area contributed by atoms with Gasteiger partial charge in [0.05, 0.1) is 10.9 Å². The number of hydrogen-bond acceptors (Lipinski definition) is 4. The Bertz CT molecular complexity index is 860. The number of unbranched alkanes of at least 4 members (excludes halogenated alkanes) is 1. The Labute approximate surface area is 171 Å². The second kappa shape index (κ2) is 9.78. The molecule has 1 atom stereocenters. The zero-order valence-corrected chi connectivity index (χ0v) is 18.4. The fourth-order valence-corrected chi connectivity index (χ4v) is 3.85. The molecule has 3 amide bonds. The number of hydrogen-bond donors (Lipinski definition) is 2. The molecule has 2 aromatic rings. The molecule has 6 nitrogen and oxygen atoms in total. The number of rotatable bonds is 7. The number of carbonyl (C=O) groups excluding carboxylic acids is 2. The first-order valence-corrected chi connectivity index (χ1v) is 10.5. The number of aromatic nitrogens is 2. The van der Waals surface area contributed by atoms with Gasteiger partial charge in [0, 0.05) is 17.9 Å². The van der Waals surface area contributed by atoms with E-state index < -0.39 is 11.3 Å². The third kappa shape index (κ3) is 5.61. The van der Waals surface area contributed by atoms with Crippen LogP contribution in [0.15, 0.2) is 23.4 Å². The van der Waals surface area contributed by atoms with E-state index >= 15 is 0 Å². The van der Waals surface area contributed by atoms with E-state index in [9.17, 15) is 9.59 Å². The van der Waals surface area contributed by atoms with E-state index in [4.69, 9.17) is 0 Å². The number of carbonyl (C=O) groups is 2. The molecule has 152 valence electrons. The zero-order valence-electron chi connectivity index (χ0n) is 17.5. The first kappa shape index (κ1) is 22.0. The maximum atomic E-state index is 12.5. The lowest BCUT2D eigenvalue weighted by Crippen LogP contribution is -2.39. The van der Waals surface area contributed by atoms with E-state index in [2.05, 4.69) is 27.1 Å². The Morgan fingerprint density at radius 2 is 1.93 bits per heavy atom. The number of amides is 3. The summed E-state index contributed by atoms with van der Waals surface area (Å²) in [7, 11) is 0. The highest BCUT2D eigenvalue weighted by molar-refractivity contribution is 8.00. The molecular weight excluding hydrogens is 372 g/mol. The normalized spacial score (nSPS) is 11.9. The maximum Gasteiger partial charge on any atom is 0.325 e. The molecule has 2 N–H and O–H groups in total. The van der Waals surface area contributed by atoms with Crippen molar-refractivity contribution in [2.75, 3.05) is 5.32 Å². The number of thioether (sulfide) groups is 1. The highest BCUT2D eigenvalue weighted by Gasteiger charge is 2.21. The van der Waals surface area contributed by atoms with Crippen molar-refractivity contribution < 1.29 is 9.59 Å². The van der Waals surface area contributed by atoms with Gasteiger partial charge in [-0.05, 0) is 52.7 Å². The quantitative estimate of drug-likeness (QED) is 0.656. The predicted molar refractivity (Wildman–Crippen MR) is 115 cm³/mol. The highest BCUT2D eigenvalue weighted by atomic mass is 32.2. The molecule has 0 aliphatic rings. The van der Waals surface area contributed by atoms with Crippen LogP contribution in [0.25, 0.3) is 0 Å². The van der Waals surface area contributed by atoms with Gasteiger partial charge in [-0.2, -0.15) is 0 Å². The van der Waals surface area contributed by atoms with Gasteiger partial charge in [0.1, 0.15) is 0 Å². The number of benzene rings is 1. The molecule has 0 aliphatic carbocycles. The summed E-state index contributed by atoms with van der Waals surface area (Å²) in [5, 5.41) is 5.55. The average molecular weight is 403 g/mol. The Hall–Kier alpha value is -2.28. The smallest absolute Gasteiger partial charge is 0.323 e. The number of imide groups is 1. The first-order valence-electron chi connectivity index (χ1n) is 9.62. The lowest BCUT2D eigenvalue weighted by atomic mass is 10.1. The van der Waals surface area contributed by atoms with E-state index in [1.54, 1.807) is 6.92 Å². The fraction of sp³-hybridized carbons (Fsp3) is 0.476. The van der Waals surface area contributed by atoms with Crippen LogP contribution in [0.1, 0.15) is 49.2 Å². The minimum Gasteiger partial charge on any atom is -0.323 e. The van der Waals surface area contributed by atoms with Crippen LogP contribution >= 0.6 is 11.8 Å². The molecule has 28 heavy (non-hydrogen) atoms. The van der Waals surface area contributed by atoms with E-state index in [-0.39, 0.29) is 5.91 Å². The van der Waals surface area contributed by atoms with Crippen molar-refractivity contribution in [2.24, 2.45) is 0 Å². The van der Waals surface area contributed by atoms with E-state index in [1.165, 1.54) is 11.8 Å². The number of aryl methyl sites for hydroxylation is 3. The maximum absolute atomic E-state index is 12.5. The summed E-state index contributed by atoms with van der Waals surface area (Å²) in [5.41, 5.74) is 4.86. The van der Waals surface area contributed by atoms with Crippen molar-refractivity contribution in [3.63, 3.8) is 0 Å². The van der Waals surface area contributed by atoms with Crippen LogP contribution < -0.4 is 10.6 Å². The van der Waals surface area contributed by atoms with Crippen molar-refractivity contribution in [3.8, 4) is 0 Å². The highest BCUT2D eigenvalue weighted by Crippen LogP contribution is 2.26. The Balaban J connectivity index is 1.99.